The predicted octanol–water partition coefficient (Wildman–Crippen LogP) is 2.47. The molecule has 4 aromatic rings. The first-order valence-corrected chi connectivity index (χ1v) is 11.4. The predicted molar refractivity (Wildman–Crippen MR) is 133 cm³/mol. The first-order valence-electron chi connectivity index (χ1n) is 11.4. The number of nitrogens with one attached hydrogen (secondary N) is 1. The van der Waals surface area contributed by atoms with Crippen LogP contribution >= 0.6 is 0 Å². The molecule has 0 unspecified atom stereocenters. The highest BCUT2D eigenvalue weighted by molar-refractivity contribution is 5.90. The van der Waals surface area contributed by atoms with Gasteiger partial charge in [-0.25, -0.2) is 18.9 Å². The average Bonchev–Trinajstić information content (AvgIpc) is 3.17. The Morgan fingerprint density at radius 2 is 1.71 bits per heavy atom. The van der Waals surface area contributed by atoms with Crippen LogP contribution in [0, 0.1) is 13.8 Å². The molecule has 1 aliphatic heterocycles. The molecule has 1 amide bonds. The number of hydrogen-bond acceptors (Lipinski definition) is 6. The van der Waals surface area contributed by atoms with Crippen LogP contribution in [0.2, 0.25) is 0 Å². The molecular formula is C25H27N7O2. The van der Waals surface area contributed by atoms with Gasteiger partial charge in [-0.1, -0.05) is 24.3 Å². The lowest BCUT2D eigenvalue weighted by Gasteiger charge is -2.36. The van der Waals surface area contributed by atoms with Crippen molar-refractivity contribution >= 4 is 28.7 Å². The summed E-state index contributed by atoms with van der Waals surface area (Å²) in [5.41, 5.74) is 4.23. The number of para-hydroxylation sites is 1. The fourth-order valence-electron chi connectivity index (χ4n) is 4.23. The molecule has 0 spiro atoms. The van der Waals surface area contributed by atoms with Crippen molar-refractivity contribution in [3.63, 3.8) is 0 Å². The van der Waals surface area contributed by atoms with Gasteiger partial charge in [0.25, 0.3) is 0 Å². The largest absolute Gasteiger partial charge is 0.368 e. The molecule has 0 atom stereocenters. The lowest BCUT2D eigenvalue weighted by atomic mass is 10.1. The maximum Gasteiger partial charge on any atom is 0.350 e. The van der Waals surface area contributed by atoms with Crippen molar-refractivity contribution in [1.29, 1.82) is 0 Å². The molecule has 1 fully saturated rings. The van der Waals surface area contributed by atoms with Gasteiger partial charge in [-0.15, -0.1) is 5.10 Å². The zero-order valence-electron chi connectivity index (χ0n) is 19.3. The molecule has 34 heavy (non-hydrogen) atoms. The van der Waals surface area contributed by atoms with Crippen LogP contribution in [0.5, 0.6) is 0 Å². The minimum atomic E-state index is -0.364. The standard InChI is InChI=1S/C25H27N7O2/c1-18-8-9-20(16-19(18)2)27-22(33)17-32-25(34)31-11-10-26-23(24(31)28-32)30-14-12-29(13-15-30)21-6-4-3-5-7-21/h3-11,16H,12-15,17H2,1-2H3,(H,27,33). The number of amides is 1. The molecule has 0 aliphatic carbocycles. The Labute approximate surface area is 197 Å². The second-order valence-corrected chi connectivity index (χ2v) is 8.54. The van der Waals surface area contributed by atoms with Crippen molar-refractivity contribution in [2.75, 3.05) is 41.3 Å². The lowest BCUT2D eigenvalue weighted by Crippen LogP contribution is -2.47. The molecule has 2 aromatic carbocycles. The first kappa shape index (κ1) is 21.7. The minimum absolute atomic E-state index is 0.172. The summed E-state index contributed by atoms with van der Waals surface area (Å²) in [5.74, 6) is 0.348. The zero-order valence-corrected chi connectivity index (χ0v) is 19.3. The van der Waals surface area contributed by atoms with Crippen LogP contribution in [0.3, 0.4) is 0 Å². The maximum absolute atomic E-state index is 12.9. The van der Waals surface area contributed by atoms with Gasteiger partial charge in [0.05, 0.1) is 0 Å². The molecule has 1 saturated heterocycles. The lowest BCUT2D eigenvalue weighted by molar-refractivity contribution is -0.117. The number of carbonyl (C=O) groups is 1. The Morgan fingerprint density at radius 3 is 2.44 bits per heavy atom. The van der Waals surface area contributed by atoms with Gasteiger partial charge in [0.2, 0.25) is 11.6 Å². The van der Waals surface area contributed by atoms with Crippen molar-refractivity contribution in [2.24, 2.45) is 0 Å². The minimum Gasteiger partial charge on any atom is -0.368 e. The van der Waals surface area contributed by atoms with Crippen molar-refractivity contribution in [1.82, 2.24) is 19.2 Å². The first-order chi connectivity index (χ1) is 16.5. The smallest absolute Gasteiger partial charge is 0.350 e. The third kappa shape index (κ3) is 4.24. The van der Waals surface area contributed by atoms with Crippen LogP contribution in [-0.2, 0) is 11.3 Å². The van der Waals surface area contributed by atoms with Gasteiger partial charge in [0, 0.05) is 49.9 Å². The van der Waals surface area contributed by atoms with Gasteiger partial charge in [-0.2, -0.15) is 0 Å². The van der Waals surface area contributed by atoms with E-state index in [2.05, 4.69) is 37.3 Å². The number of anilines is 3. The fourth-order valence-corrected chi connectivity index (χ4v) is 4.23. The van der Waals surface area contributed by atoms with E-state index in [-0.39, 0.29) is 18.1 Å². The number of hydrogen-bond donors (Lipinski definition) is 1. The summed E-state index contributed by atoms with van der Waals surface area (Å²) in [6.45, 7) is 7.04. The number of fused-ring (bicyclic) bond motifs is 1. The summed E-state index contributed by atoms with van der Waals surface area (Å²) in [6.07, 6.45) is 3.20. The van der Waals surface area contributed by atoms with Crippen molar-refractivity contribution in [3.05, 3.63) is 82.5 Å². The topological polar surface area (TPSA) is 87.8 Å². The summed E-state index contributed by atoms with van der Waals surface area (Å²) >= 11 is 0. The Balaban J connectivity index is 1.33. The Hall–Kier alpha value is -4.14. The number of benzene rings is 2. The molecule has 3 heterocycles. The van der Waals surface area contributed by atoms with E-state index in [1.807, 2.05) is 50.2 Å². The number of nitrogens with zero attached hydrogens (tertiary/aromatic N) is 6. The molecule has 2 aromatic heterocycles. The highest BCUT2D eigenvalue weighted by atomic mass is 16.2. The number of aromatic nitrogens is 4. The van der Waals surface area contributed by atoms with E-state index in [0.29, 0.717) is 17.2 Å². The monoisotopic (exact) mass is 457 g/mol. The average molecular weight is 458 g/mol. The van der Waals surface area contributed by atoms with Crippen molar-refractivity contribution in [3.8, 4) is 0 Å². The van der Waals surface area contributed by atoms with Crippen LogP contribution < -0.4 is 20.8 Å². The number of rotatable bonds is 5. The van der Waals surface area contributed by atoms with Crippen LogP contribution in [0.15, 0.2) is 65.7 Å². The molecule has 0 radical (unpaired) electrons. The fraction of sp³-hybridized carbons (Fsp3) is 0.280. The van der Waals surface area contributed by atoms with E-state index < -0.39 is 0 Å². The quantitative estimate of drug-likeness (QED) is 0.495. The summed E-state index contributed by atoms with van der Waals surface area (Å²) < 4.78 is 2.65. The Morgan fingerprint density at radius 1 is 0.971 bits per heavy atom. The van der Waals surface area contributed by atoms with E-state index in [4.69, 9.17) is 0 Å². The van der Waals surface area contributed by atoms with Gasteiger partial charge in [0.15, 0.2) is 5.82 Å². The van der Waals surface area contributed by atoms with E-state index in [0.717, 1.165) is 37.3 Å². The molecule has 1 N–H and O–H groups in total. The zero-order chi connectivity index (χ0) is 23.7. The summed E-state index contributed by atoms with van der Waals surface area (Å²) in [5, 5.41) is 7.32. The summed E-state index contributed by atoms with van der Waals surface area (Å²) in [6, 6.07) is 16.0. The summed E-state index contributed by atoms with van der Waals surface area (Å²) in [4.78, 5) is 34.5. The number of piperazine rings is 1. The van der Waals surface area contributed by atoms with Crippen LogP contribution in [0.25, 0.3) is 5.65 Å². The molecule has 9 nitrogen and oxygen atoms in total. The molecule has 174 valence electrons. The highest BCUT2D eigenvalue weighted by Gasteiger charge is 2.22. The van der Waals surface area contributed by atoms with Crippen LogP contribution in [0.1, 0.15) is 11.1 Å². The highest BCUT2D eigenvalue weighted by Crippen LogP contribution is 2.21. The third-order valence-corrected chi connectivity index (χ3v) is 6.27. The van der Waals surface area contributed by atoms with Crippen LogP contribution in [-0.4, -0.2) is 51.3 Å². The molecule has 0 bridgehead atoms. The van der Waals surface area contributed by atoms with E-state index in [9.17, 15) is 9.59 Å². The Bertz CT molecular complexity index is 1390. The van der Waals surface area contributed by atoms with Gasteiger partial charge in [-0.05, 0) is 49.2 Å². The number of aryl methyl sites for hydroxylation is 2. The molecular weight excluding hydrogens is 430 g/mol. The van der Waals surface area contributed by atoms with E-state index in [1.54, 1.807) is 12.4 Å². The van der Waals surface area contributed by atoms with Gasteiger partial charge in [-0.3, -0.25) is 4.79 Å². The normalized spacial score (nSPS) is 13.9. The second-order valence-electron chi connectivity index (χ2n) is 8.54. The molecule has 9 heteroatoms. The molecule has 1 aliphatic rings. The Kier molecular flexibility index (Phi) is 5.75. The third-order valence-electron chi connectivity index (χ3n) is 6.27. The number of carbonyl (C=O) groups excluding carboxylic acids is 1. The van der Waals surface area contributed by atoms with Gasteiger partial charge >= 0.3 is 5.69 Å². The van der Waals surface area contributed by atoms with Crippen LogP contribution in [0.4, 0.5) is 17.2 Å². The van der Waals surface area contributed by atoms with Gasteiger partial charge < -0.3 is 15.1 Å². The second kappa shape index (κ2) is 9.01. The van der Waals surface area contributed by atoms with E-state index in [1.165, 1.54) is 14.8 Å². The van der Waals surface area contributed by atoms with Crippen molar-refractivity contribution < 1.29 is 4.79 Å². The maximum atomic E-state index is 12.9. The summed E-state index contributed by atoms with van der Waals surface area (Å²) in [7, 11) is 0. The van der Waals surface area contributed by atoms with E-state index >= 15 is 0 Å². The van der Waals surface area contributed by atoms with Crippen molar-refractivity contribution in [2.45, 2.75) is 20.4 Å². The molecule has 0 saturated carbocycles. The van der Waals surface area contributed by atoms with Gasteiger partial charge in [0.1, 0.15) is 6.54 Å². The molecule has 5 rings (SSSR count). The SMILES string of the molecule is Cc1ccc(NC(=O)Cn2nc3c(N4CCN(c5ccccc5)CC4)nccn3c2=O)cc1C.